The number of fused-ring (bicyclic) bond motifs is 2. The number of nitrogens with one attached hydrogen (secondary N) is 1. The summed E-state index contributed by atoms with van der Waals surface area (Å²) in [4.78, 5) is 0.294. The molecule has 2 heterocycles. The van der Waals surface area contributed by atoms with Gasteiger partial charge in [0.1, 0.15) is 0 Å². The van der Waals surface area contributed by atoms with Crippen LogP contribution >= 0.6 is 0 Å². The van der Waals surface area contributed by atoms with Crippen LogP contribution in [0.5, 0.6) is 0 Å². The lowest BCUT2D eigenvalue weighted by atomic mass is 9.96. The Labute approximate surface area is 125 Å². The lowest BCUT2D eigenvalue weighted by Gasteiger charge is -2.20. The second-order valence-corrected chi connectivity index (χ2v) is 7.54. The first kappa shape index (κ1) is 15.0. The summed E-state index contributed by atoms with van der Waals surface area (Å²) in [5.74, 6) is 0. The highest BCUT2D eigenvalue weighted by Crippen LogP contribution is 2.35. The molecular weight excluding hydrogens is 288 g/mol. The van der Waals surface area contributed by atoms with Crippen LogP contribution in [0.15, 0.2) is 23.1 Å². The summed E-state index contributed by atoms with van der Waals surface area (Å²) in [6.45, 7) is 2.39. The van der Waals surface area contributed by atoms with Gasteiger partial charge < -0.3 is 10.5 Å². The first-order chi connectivity index (χ1) is 10.0. The van der Waals surface area contributed by atoms with Crippen LogP contribution in [0.1, 0.15) is 37.3 Å². The maximum Gasteiger partial charge on any atom is 0.240 e. The van der Waals surface area contributed by atoms with Crippen LogP contribution in [0.3, 0.4) is 0 Å². The van der Waals surface area contributed by atoms with Gasteiger partial charge in [-0.3, -0.25) is 0 Å². The minimum Gasteiger partial charge on any atom is -0.373 e. The normalized spacial score (nSPS) is 28.2. The van der Waals surface area contributed by atoms with Gasteiger partial charge in [0, 0.05) is 6.54 Å². The summed E-state index contributed by atoms with van der Waals surface area (Å²) in [5, 5.41) is 0. The van der Waals surface area contributed by atoms with Crippen molar-refractivity contribution < 1.29 is 13.2 Å². The molecule has 3 N–H and O–H groups in total. The van der Waals surface area contributed by atoms with Gasteiger partial charge in [0.25, 0.3) is 0 Å². The third-order valence-electron chi connectivity index (χ3n) is 4.50. The van der Waals surface area contributed by atoms with E-state index in [1.165, 1.54) is 0 Å². The Morgan fingerprint density at radius 3 is 2.71 bits per heavy atom. The maximum atomic E-state index is 12.5. The number of aryl methyl sites for hydroxylation is 1. The molecule has 0 aliphatic carbocycles. The average Bonchev–Trinajstić information content (AvgIpc) is 3.08. The van der Waals surface area contributed by atoms with Gasteiger partial charge in [0.2, 0.25) is 10.0 Å². The van der Waals surface area contributed by atoms with Crippen molar-refractivity contribution in [2.75, 3.05) is 0 Å². The maximum absolute atomic E-state index is 12.5. The Morgan fingerprint density at radius 1 is 1.33 bits per heavy atom. The lowest BCUT2D eigenvalue weighted by Crippen LogP contribution is -2.41. The van der Waals surface area contributed by atoms with E-state index in [1.54, 1.807) is 12.1 Å². The van der Waals surface area contributed by atoms with Gasteiger partial charge in [0.05, 0.1) is 23.1 Å². The van der Waals surface area contributed by atoms with Gasteiger partial charge >= 0.3 is 0 Å². The van der Waals surface area contributed by atoms with E-state index < -0.39 is 10.0 Å². The van der Waals surface area contributed by atoms with Gasteiger partial charge in [-0.25, -0.2) is 13.1 Å². The zero-order valence-corrected chi connectivity index (χ0v) is 13.0. The summed E-state index contributed by atoms with van der Waals surface area (Å²) in [6.07, 6.45) is 3.88. The fraction of sp³-hybridized carbons (Fsp3) is 0.600. The number of hydrogen-bond acceptors (Lipinski definition) is 4. The Hall–Kier alpha value is -0.950. The van der Waals surface area contributed by atoms with Crippen molar-refractivity contribution in [1.29, 1.82) is 0 Å². The number of ether oxygens (including phenoxy) is 1. The van der Waals surface area contributed by atoms with Crippen molar-refractivity contribution in [2.45, 2.75) is 62.3 Å². The fourth-order valence-corrected chi connectivity index (χ4v) is 4.66. The summed E-state index contributed by atoms with van der Waals surface area (Å²) >= 11 is 0. The molecule has 116 valence electrons. The Balaban J connectivity index is 1.81. The molecule has 1 aromatic carbocycles. The van der Waals surface area contributed by atoms with Crippen LogP contribution in [0.25, 0.3) is 0 Å². The topological polar surface area (TPSA) is 81.4 Å². The largest absolute Gasteiger partial charge is 0.373 e. The zero-order valence-electron chi connectivity index (χ0n) is 12.2. The van der Waals surface area contributed by atoms with Gasteiger partial charge in [-0.2, -0.15) is 0 Å². The third-order valence-corrected chi connectivity index (χ3v) is 5.99. The monoisotopic (exact) mass is 310 g/mol. The van der Waals surface area contributed by atoms with E-state index in [0.717, 1.165) is 36.8 Å². The molecule has 2 aliphatic rings. The molecule has 2 saturated heterocycles. The lowest BCUT2D eigenvalue weighted by molar-refractivity contribution is 0.0996. The predicted molar refractivity (Wildman–Crippen MR) is 80.3 cm³/mol. The SMILES string of the molecule is CCc1ccc(S(=O)(=O)NC2CC3CCC2O3)cc1CN. The van der Waals surface area contributed by atoms with Crippen molar-refractivity contribution >= 4 is 10.0 Å². The second-order valence-electron chi connectivity index (χ2n) is 5.83. The molecule has 0 spiro atoms. The second kappa shape index (κ2) is 5.68. The highest BCUT2D eigenvalue weighted by atomic mass is 32.2. The molecule has 6 heteroatoms. The van der Waals surface area contributed by atoms with Gasteiger partial charge in [-0.05, 0) is 48.9 Å². The van der Waals surface area contributed by atoms with E-state index in [0.29, 0.717) is 11.4 Å². The molecule has 2 aliphatic heterocycles. The van der Waals surface area contributed by atoms with Gasteiger partial charge in [-0.15, -0.1) is 0 Å². The van der Waals surface area contributed by atoms with Crippen LogP contribution in [0.2, 0.25) is 0 Å². The van der Waals surface area contributed by atoms with Crippen molar-refractivity contribution in [3.8, 4) is 0 Å². The third kappa shape index (κ3) is 2.85. The molecule has 5 nitrogen and oxygen atoms in total. The molecule has 0 saturated carbocycles. The van der Waals surface area contributed by atoms with E-state index in [1.807, 2.05) is 13.0 Å². The summed E-state index contributed by atoms with van der Waals surface area (Å²) in [5.41, 5.74) is 7.71. The van der Waals surface area contributed by atoms with E-state index in [9.17, 15) is 8.42 Å². The van der Waals surface area contributed by atoms with Crippen LogP contribution in [0, 0.1) is 0 Å². The molecule has 0 amide bonds. The van der Waals surface area contributed by atoms with Gasteiger partial charge in [0.15, 0.2) is 0 Å². The standard InChI is InChI=1S/C15H22N2O3S/c1-2-10-3-5-13(7-11(10)9-16)21(18,19)17-14-8-12-4-6-15(14)20-12/h3,5,7,12,14-15,17H,2,4,6,8-9,16H2,1H3. The highest BCUT2D eigenvalue weighted by Gasteiger charge is 2.42. The van der Waals surface area contributed by atoms with Crippen LogP contribution in [0.4, 0.5) is 0 Å². The molecule has 3 atom stereocenters. The number of nitrogens with two attached hydrogens (primary N) is 1. The molecule has 2 fully saturated rings. The molecule has 3 unspecified atom stereocenters. The molecule has 0 radical (unpaired) electrons. The van der Waals surface area contributed by atoms with Crippen molar-refractivity contribution in [3.05, 3.63) is 29.3 Å². The van der Waals surface area contributed by atoms with E-state index in [2.05, 4.69) is 4.72 Å². The number of benzene rings is 1. The van der Waals surface area contributed by atoms with Crippen LogP contribution < -0.4 is 10.5 Å². The Kier molecular flexibility index (Phi) is 4.05. The minimum atomic E-state index is -3.51. The van der Waals surface area contributed by atoms with E-state index in [4.69, 9.17) is 10.5 Å². The Bertz CT molecular complexity index is 630. The van der Waals surface area contributed by atoms with E-state index >= 15 is 0 Å². The Morgan fingerprint density at radius 2 is 2.14 bits per heavy atom. The summed E-state index contributed by atoms with van der Waals surface area (Å²) < 4.78 is 33.5. The predicted octanol–water partition coefficient (Wildman–Crippen LogP) is 1.31. The fourth-order valence-electron chi connectivity index (χ4n) is 3.33. The van der Waals surface area contributed by atoms with Crippen molar-refractivity contribution in [3.63, 3.8) is 0 Å². The average molecular weight is 310 g/mol. The summed E-state index contributed by atoms with van der Waals surface area (Å²) in [6, 6.07) is 5.11. The first-order valence-electron chi connectivity index (χ1n) is 7.53. The first-order valence-corrected chi connectivity index (χ1v) is 9.01. The van der Waals surface area contributed by atoms with Crippen molar-refractivity contribution in [2.24, 2.45) is 5.73 Å². The molecule has 0 aromatic heterocycles. The minimum absolute atomic E-state index is 0.0358. The molecular formula is C15H22N2O3S. The van der Waals surface area contributed by atoms with Gasteiger partial charge in [-0.1, -0.05) is 13.0 Å². The number of hydrogen-bond donors (Lipinski definition) is 2. The highest BCUT2D eigenvalue weighted by molar-refractivity contribution is 7.89. The molecule has 21 heavy (non-hydrogen) atoms. The quantitative estimate of drug-likeness (QED) is 0.859. The van der Waals surface area contributed by atoms with E-state index in [-0.39, 0.29) is 18.2 Å². The number of sulfonamides is 1. The van der Waals surface area contributed by atoms with Crippen LogP contribution in [-0.4, -0.2) is 26.7 Å². The van der Waals surface area contributed by atoms with Crippen LogP contribution in [-0.2, 0) is 27.7 Å². The molecule has 2 bridgehead atoms. The zero-order chi connectivity index (χ0) is 15.0. The van der Waals surface area contributed by atoms with Crippen molar-refractivity contribution in [1.82, 2.24) is 4.72 Å². The summed E-state index contributed by atoms with van der Waals surface area (Å²) in [7, 11) is -3.51. The molecule has 1 aromatic rings. The smallest absolute Gasteiger partial charge is 0.240 e. The molecule has 3 rings (SSSR count). The number of rotatable bonds is 5.